The Bertz CT molecular complexity index is 981. The highest BCUT2D eigenvalue weighted by molar-refractivity contribution is 5.78. The fourth-order valence-corrected chi connectivity index (χ4v) is 3.47. The van der Waals surface area contributed by atoms with Crippen molar-refractivity contribution < 1.29 is 35.9 Å². The second kappa shape index (κ2) is 7.57. The van der Waals surface area contributed by atoms with Gasteiger partial charge >= 0.3 is 5.97 Å². The first-order valence-corrected chi connectivity index (χ1v) is 8.67. The highest BCUT2D eigenvalue weighted by Crippen LogP contribution is 2.60. The van der Waals surface area contributed by atoms with Gasteiger partial charge in [0.05, 0.1) is 17.0 Å². The van der Waals surface area contributed by atoms with Gasteiger partial charge in [0.25, 0.3) is 6.08 Å². The predicted molar refractivity (Wildman–Crippen MR) is 92.6 cm³/mol. The summed E-state index contributed by atoms with van der Waals surface area (Å²) in [6.45, 7) is 2.12. The quantitative estimate of drug-likeness (QED) is 0.259. The van der Waals surface area contributed by atoms with Crippen LogP contribution >= 0.6 is 0 Å². The SMILES string of the molecule is CC1(C)[C@@H](C=C(F)F)[C@@H]1C(=O)OCc1c(F)c(F)c(F)c(-c2ccccc2)c1F. The van der Waals surface area contributed by atoms with E-state index in [1.165, 1.54) is 24.3 Å². The lowest BCUT2D eigenvalue weighted by Crippen LogP contribution is -2.14. The van der Waals surface area contributed by atoms with Crippen molar-refractivity contribution in [2.45, 2.75) is 20.5 Å². The van der Waals surface area contributed by atoms with Crippen molar-refractivity contribution in [2.24, 2.45) is 17.3 Å². The summed E-state index contributed by atoms with van der Waals surface area (Å²) >= 11 is 0. The highest BCUT2D eigenvalue weighted by Gasteiger charge is 2.62. The smallest absolute Gasteiger partial charge is 0.310 e. The minimum Gasteiger partial charge on any atom is -0.460 e. The van der Waals surface area contributed by atoms with Gasteiger partial charge in [-0.15, -0.1) is 0 Å². The zero-order chi connectivity index (χ0) is 21.5. The number of allylic oxidation sites excluding steroid dienone is 1. The number of carbonyl (C=O) groups excluding carboxylic acids is 1. The fourth-order valence-electron chi connectivity index (χ4n) is 3.47. The molecule has 0 unspecified atom stereocenters. The van der Waals surface area contributed by atoms with Gasteiger partial charge in [0.1, 0.15) is 12.4 Å². The summed E-state index contributed by atoms with van der Waals surface area (Å²) in [6.07, 6.45) is -1.33. The van der Waals surface area contributed by atoms with Crippen LogP contribution in [0.15, 0.2) is 42.5 Å². The molecule has 0 bridgehead atoms. The summed E-state index contributed by atoms with van der Waals surface area (Å²) in [6, 6.07) is 7.11. The van der Waals surface area contributed by atoms with Gasteiger partial charge < -0.3 is 4.74 Å². The molecule has 29 heavy (non-hydrogen) atoms. The monoisotopic (exact) mass is 414 g/mol. The van der Waals surface area contributed by atoms with E-state index < -0.39 is 70.3 Å². The van der Waals surface area contributed by atoms with Gasteiger partial charge in [0.15, 0.2) is 17.5 Å². The van der Waals surface area contributed by atoms with Gasteiger partial charge in [-0.05, 0) is 17.1 Å². The molecular weight excluding hydrogens is 398 g/mol. The third-order valence-electron chi connectivity index (χ3n) is 5.25. The predicted octanol–water partition coefficient (Wildman–Crippen LogP) is 6.01. The number of halogens is 6. The summed E-state index contributed by atoms with van der Waals surface area (Å²) in [5.74, 6) is -9.50. The van der Waals surface area contributed by atoms with E-state index in [0.717, 1.165) is 0 Å². The number of benzene rings is 2. The first-order chi connectivity index (χ1) is 13.6. The molecule has 0 aromatic heterocycles. The third-order valence-corrected chi connectivity index (χ3v) is 5.25. The van der Waals surface area contributed by atoms with Crippen LogP contribution in [0.1, 0.15) is 19.4 Å². The van der Waals surface area contributed by atoms with Crippen molar-refractivity contribution in [1.29, 1.82) is 0 Å². The molecule has 2 aromatic carbocycles. The molecule has 3 rings (SSSR count). The Kier molecular flexibility index (Phi) is 5.47. The molecule has 1 fully saturated rings. The first-order valence-electron chi connectivity index (χ1n) is 8.67. The van der Waals surface area contributed by atoms with Crippen molar-refractivity contribution in [1.82, 2.24) is 0 Å². The molecule has 0 spiro atoms. The number of ether oxygens (including phenoxy) is 1. The fraction of sp³-hybridized carbons (Fsp3) is 0.286. The number of rotatable bonds is 5. The van der Waals surface area contributed by atoms with Gasteiger partial charge in [-0.2, -0.15) is 8.78 Å². The number of hydrogen-bond acceptors (Lipinski definition) is 2. The number of carbonyl (C=O) groups is 1. The van der Waals surface area contributed by atoms with Crippen LogP contribution in [0.25, 0.3) is 11.1 Å². The summed E-state index contributed by atoms with van der Waals surface area (Å²) < 4.78 is 86.9. The van der Waals surface area contributed by atoms with Crippen LogP contribution in [0.5, 0.6) is 0 Å². The zero-order valence-electron chi connectivity index (χ0n) is 15.4. The Morgan fingerprint density at radius 1 is 1.00 bits per heavy atom. The average molecular weight is 414 g/mol. The second-order valence-corrected chi connectivity index (χ2v) is 7.36. The zero-order valence-corrected chi connectivity index (χ0v) is 15.4. The second-order valence-electron chi connectivity index (χ2n) is 7.36. The molecule has 1 aliphatic carbocycles. The molecule has 0 radical (unpaired) electrons. The van der Waals surface area contributed by atoms with Crippen LogP contribution < -0.4 is 0 Å². The van der Waals surface area contributed by atoms with Crippen LogP contribution in [0.2, 0.25) is 0 Å². The number of hydrogen-bond donors (Lipinski definition) is 0. The minimum absolute atomic E-state index is 0.0269. The maximum atomic E-state index is 14.8. The van der Waals surface area contributed by atoms with Gasteiger partial charge in [0, 0.05) is 5.92 Å². The van der Waals surface area contributed by atoms with E-state index >= 15 is 0 Å². The molecule has 2 aromatic rings. The summed E-state index contributed by atoms with van der Waals surface area (Å²) in [5.41, 5.74) is -2.59. The molecule has 0 heterocycles. The Labute approximate surface area is 162 Å². The Morgan fingerprint density at radius 2 is 1.62 bits per heavy atom. The van der Waals surface area contributed by atoms with E-state index in [-0.39, 0.29) is 5.56 Å². The van der Waals surface area contributed by atoms with Crippen LogP contribution in [-0.4, -0.2) is 5.97 Å². The summed E-state index contributed by atoms with van der Waals surface area (Å²) in [7, 11) is 0. The molecule has 2 nitrogen and oxygen atoms in total. The largest absolute Gasteiger partial charge is 0.460 e. The van der Waals surface area contributed by atoms with Gasteiger partial charge in [-0.25, -0.2) is 17.6 Å². The first kappa shape index (κ1) is 21.0. The van der Waals surface area contributed by atoms with Gasteiger partial charge in [-0.1, -0.05) is 44.2 Å². The molecule has 0 N–H and O–H groups in total. The standard InChI is InChI=1S/C21H16F6O2/c1-21(2)12(8-13(22)23)15(21)20(28)29-9-11-16(24)14(10-6-4-3-5-7-10)18(26)19(27)17(11)25/h3-8,12,15H,9H2,1-2H3/t12-,15+/m0/s1. The molecule has 0 aliphatic heterocycles. The Balaban J connectivity index is 1.88. The van der Waals surface area contributed by atoms with E-state index in [4.69, 9.17) is 4.74 Å². The van der Waals surface area contributed by atoms with Crippen molar-refractivity contribution in [2.75, 3.05) is 0 Å². The molecule has 0 saturated heterocycles. The number of esters is 1. The van der Waals surface area contributed by atoms with Crippen molar-refractivity contribution in [3.8, 4) is 11.1 Å². The molecule has 154 valence electrons. The van der Waals surface area contributed by atoms with E-state index in [9.17, 15) is 31.1 Å². The van der Waals surface area contributed by atoms with Gasteiger partial charge in [-0.3, -0.25) is 4.79 Å². The molecule has 2 atom stereocenters. The van der Waals surface area contributed by atoms with Crippen molar-refractivity contribution >= 4 is 5.97 Å². The van der Waals surface area contributed by atoms with E-state index in [1.807, 2.05) is 0 Å². The van der Waals surface area contributed by atoms with Crippen LogP contribution in [0.4, 0.5) is 26.3 Å². The van der Waals surface area contributed by atoms with Crippen LogP contribution in [0.3, 0.4) is 0 Å². The van der Waals surface area contributed by atoms with E-state index in [0.29, 0.717) is 6.08 Å². The molecule has 8 heteroatoms. The lowest BCUT2D eigenvalue weighted by atomic mass is 10.0. The lowest BCUT2D eigenvalue weighted by Gasteiger charge is -2.13. The third kappa shape index (κ3) is 3.75. The topological polar surface area (TPSA) is 26.3 Å². The summed E-state index contributed by atoms with van der Waals surface area (Å²) in [4.78, 5) is 12.2. The van der Waals surface area contributed by atoms with Crippen molar-refractivity contribution in [3.05, 3.63) is 71.3 Å². The summed E-state index contributed by atoms with van der Waals surface area (Å²) in [5, 5.41) is 0. The highest BCUT2D eigenvalue weighted by atomic mass is 19.3. The minimum atomic E-state index is -1.96. The van der Waals surface area contributed by atoms with E-state index in [1.54, 1.807) is 19.9 Å². The average Bonchev–Trinajstić information content (AvgIpc) is 3.20. The molecular formula is C21H16F6O2. The molecule has 1 saturated carbocycles. The molecule has 0 amide bonds. The van der Waals surface area contributed by atoms with E-state index in [2.05, 4.69) is 0 Å². The maximum absolute atomic E-state index is 14.8. The normalized spacial score (nSPS) is 19.6. The molecule has 1 aliphatic rings. The van der Waals surface area contributed by atoms with Crippen LogP contribution in [0, 0.1) is 40.5 Å². The Morgan fingerprint density at radius 3 is 2.21 bits per heavy atom. The van der Waals surface area contributed by atoms with Gasteiger partial charge in [0.2, 0.25) is 0 Å². The van der Waals surface area contributed by atoms with Crippen molar-refractivity contribution in [3.63, 3.8) is 0 Å². The van der Waals surface area contributed by atoms with Crippen LogP contribution in [-0.2, 0) is 16.1 Å². The Hall–Kier alpha value is -2.77. The maximum Gasteiger partial charge on any atom is 0.310 e. The lowest BCUT2D eigenvalue weighted by molar-refractivity contribution is -0.147.